The lowest BCUT2D eigenvalue weighted by atomic mass is 9.92. The minimum Gasteiger partial charge on any atom is -0.395 e. The highest BCUT2D eigenvalue weighted by Gasteiger charge is 2.33. The SMILES string of the molecule is Cc1ccc(F)cc1C1C(CO)NCCN1CC(N)=O. The van der Waals surface area contributed by atoms with E-state index in [-0.39, 0.29) is 31.1 Å². The van der Waals surface area contributed by atoms with Crippen LogP contribution in [-0.2, 0) is 4.79 Å². The molecule has 2 atom stereocenters. The predicted molar refractivity (Wildman–Crippen MR) is 73.5 cm³/mol. The van der Waals surface area contributed by atoms with Gasteiger partial charge >= 0.3 is 0 Å². The van der Waals surface area contributed by atoms with Crippen LogP contribution in [0.4, 0.5) is 4.39 Å². The van der Waals surface area contributed by atoms with Crippen LogP contribution in [0.1, 0.15) is 17.2 Å². The van der Waals surface area contributed by atoms with Crippen molar-refractivity contribution in [2.24, 2.45) is 5.73 Å². The summed E-state index contributed by atoms with van der Waals surface area (Å²) in [7, 11) is 0. The molecule has 0 bridgehead atoms. The number of benzene rings is 1. The van der Waals surface area contributed by atoms with E-state index >= 15 is 0 Å². The molecule has 1 amide bonds. The number of nitrogens with two attached hydrogens (primary N) is 1. The van der Waals surface area contributed by atoms with Crippen molar-refractivity contribution in [3.05, 3.63) is 35.1 Å². The summed E-state index contributed by atoms with van der Waals surface area (Å²) in [6, 6.07) is 4.06. The molecule has 0 aliphatic carbocycles. The van der Waals surface area contributed by atoms with Crippen molar-refractivity contribution in [3.63, 3.8) is 0 Å². The van der Waals surface area contributed by atoms with Crippen LogP contribution < -0.4 is 11.1 Å². The third-order valence-electron chi connectivity index (χ3n) is 3.70. The van der Waals surface area contributed by atoms with E-state index in [9.17, 15) is 14.3 Å². The van der Waals surface area contributed by atoms with E-state index in [1.807, 2.05) is 11.8 Å². The van der Waals surface area contributed by atoms with Crippen molar-refractivity contribution in [2.45, 2.75) is 19.0 Å². The lowest BCUT2D eigenvalue weighted by Crippen LogP contribution is -2.56. The molecule has 1 aliphatic heterocycles. The highest BCUT2D eigenvalue weighted by molar-refractivity contribution is 5.76. The maximum absolute atomic E-state index is 13.5. The van der Waals surface area contributed by atoms with Gasteiger partial charge in [0.15, 0.2) is 0 Å². The summed E-state index contributed by atoms with van der Waals surface area (Å²) in [5.41, 5.74) is 6.98. The van der Waals surface area contributed by atoms with Gasteiger partial charge in [-0.1, -0.05) is 6.07 Å². The minimum absolute atomic E-state index is 0.0874. The van der Waals surface area contributed by atoms with Crippen LogP contribution in [0.15, 0.2) is 18.2 Å². The molecule has 1 heterocycles. The Bertz CT molecular complexity index is 495. The smallest absolute Gasteiger partial charge is 0.231 e. The van der Waals surface area contributed by atoms with Crippen molar-refractivity contribution >= 4 is 5.91 Å². The standard InChI is InChI=1S/C14H20FN3O2/c1-9-2-3-10(15)6-11(9)14-12(8-19)17-4-5-18(14)7-13(16)20/h2-3,6,12,14,17,19H,4-5,7-8H2,1H3,(H2,16,20). The summed E-state index contributed by atoms with van der Waals surface area (Å²) in [4.78, 5) is 13.1. The number of primary amides is 1. The van der Waals surface area contributed by atoms with Gasteiger partial charge < -0.3 is 16.2 Å². The number of aliphatic hydroxyl groups excluding tert-OH is 1. The van der Waals surface area contributed by atoms with Gasteiger partial charge in [-0.2, -0.15) is 0 Å². The first-order valence-corrected chi connectivity index (χ1v) is 6.65. The fourth-order valence-corrected chi connectivity index (χ4v) is 2.78. The van der Waals surface area contributed by atoms with Gasteiger partial charge in [0.05, 0.1) is 19.2 Å². The van der Waals surface area contributed by atoms with E-state index < -0.39 is 5.91 Å². The first kappa shape index (κ1) is 14.9. The Labute approximate surface area is 117 Å². The van der Waals surface area contributed by atoms with Crippen LogP contribution in [0.3, 0.4) is 0 Å². The number of piperazine rings is 1. The zero-order chi connectivity index (χ0) is 14.7. The summed E-state index contributed by atoms with van der Waals surface area (Å²) >= 11 is 0. The first-order valence-electron chi connectivity index (χ1n) is 6.65. The second-order valence-electron chi connectivity index (χ2n) is 5.13. The highest BCUT2D eigenvalue weighted by atomic mass is 19.1. The molecular weight excluding hydrogens is 261 g/mol. The molecule has 0 spiro atoms. The summed E-state index contributed by atoms with van der Waals surface area (Å²) in [5.74, 6) is -0.755. The molecule has 1 aliphatic rings. The Morgan fingerprint density at radius 2 is 2.35 bits per heavy atom. The zero-order valence-corrected chi connectivity index (χ0v) is 11.5. The molecule has 2 unspecified atom stereocenters. The van der Waals surface area contributed by atoms with Gasteiger partial charge in [0.1, 0.15) is 5.82 Å². The van der Waals surface area contributed by atoms with E-state index in [1.165, 1.54) is 12.1 Å². The Morgan fingerprint density at radius 1 is 1.60 bits per heavy atom. The summed E-state index contributed by atoms with van der Waals surface area (Å²) in [6.07, 6.45) is 0. The second kappa shape index (κ2) is 6.30. The van der Waals surface area contributed by atoms with Gasteiger partial charge in [0.25, 0.3) is 0 Å². The average Bonchev–Trinajstić information content (AvgIpc) is 2.41. The molecule has 6 heteroatoms. The summed E-state index contributed by atoms with van der Waals surface area (Å²) in [6.45, 7) is 3.18. The number of aryl methyl sites for hydroxylation is 1. The fourth-order valence-electron chi connectivity index (χ4n) is 2.78. The van der Waals surface area contributed by atoms with E-state index in [4.69, 9.17) is 5.73 Å². The lowest BCUT2D eigenvalue weighted by molar-refractivity contribution is -0.120. The first-order chi connectivity index (χ1) is 9.52. The molecular formula is C14H20FN3O2. The van der Waals surface area contributed by atoms with Crippen LogP contribution in [0.2, 0.25) is 0 Å². The van der Waals surface area contributed by atoms with Crippen molar-refractivity contribution < 1.29 is 14.3 Å². The average molecular weight is 281 g/mol. The number of carbonyl (C=O) groups is 1. The fraction of sp³-hybridized carbons (Fsp3) is 0.500. The largest absolute Gasteiger partial charge is 0.395 e. The molecule has 20 heavy (non-hydrogen) atoms. The summed E-state index contributed by atoms with van der Waals surface area (Å²) < 4.78 is 13.5. The molecule has 2 rings (SSSR count). The molecule has 1 aromatic rings. The third-order valence-corrected chi connectivity index (χ3v) is 3.70. The van der Waals surface area contributed by atoms with E-state index in [0.717, 1.165) is 11.1 Å². The zero-order valence-electron chi connectivity index (χ0n) is 11.5. The van der Waals surface area contributed by atoms with Gasteiger partial charge in [-0.05, 0) is 30.2 Å². The monoisotopic (exact) mass is 281 g/mol. The number of aliphatic hydroxyl groups is 1. The molecule has 110 valence electrons. The molecule has 1 fully saturated rings. The highest BCUT2D eigenvalue weighted by Crippen LogP contribution is 2.29. The molecule has 0 saturated carbocycles. The van der Waals surface area contributed by atoms with Gasteiger partial charge in [-0.3, -0.25) is 9.69 Å². The number of nitrogens with zero attached hydrogens (tertiary/aromatic N) is 1. The lowest BCUT2D eigenvalue weighted by Gasteiger charge is -2.41. The van der Waals surface area contributed by atoms with Crippen molar-refractivity contribution in [2.75, 3.05) is 26.2 Å². The third kappa shape index (κ3) is 3.15. The van der Waals surface area contributed by atoms with Crippen molar-refractivity contribution in [1.82, 2.24) is 10.2 Å². The number of amides is 1. The molecule has 1 saturated heterocycles. The van der Waals surface area contributed by atoms with Gasteiger partial charge in [0, 0.05) is 19.1 Å². The number of hydrogen-bond acceptors (Lipinski definition) is 4. The second-order valence-corrected chi connectivity index (χ2v) is 5.13. The van der Waals surface area contributed by atoms with Crippen molar-refractivity contribution in [1.29, 1.82) is 0 Å². The van der Waals surface area contributed by atoms with Crippen LogP contribution in [-0.4, -0.2) is 48.2 Å². The Hall–Kier alpha value is -1.50. The predicted octanol–water partition coefficient (Wildman–Crippen LogP) is -0.0734. The molecule has 4 N–H and O–H groups in total. The normalized spacial score (nSPS) is 23.8. The van der Waals surface area contributed by atoms with Crippen molar-refractivity contribution in [3.8, 4) is 0 Å². The maximum Gasteiger partial charge on any atom is 0.231 e. The number of halogens is 1. The van der Waals surface area contributed by atoms with Gasteiger partial charge in [0.2, 0.25) is 5.91 Å². The van der Waals surface area contributed by atoms with E-state index in [0.29, 0.717) is 13.1 Å². The molecule has 0 radical (unpaired) electrons. The number of rotatable bonds is 4. The minimum atomic E-state index is -0.428. The van der Waals surface area contributed by atoms with Crippen LogP contribution >= 0.6 is 0 Å². The van der Waals surface area contributed by atoms with Crippen LogP contribution in [0.5, 0.6) is 0 Å². The summed E-state index contributed by atoms with van der Waals surface area (Å²) in [5, 5.41) is 12.7. The molecule has 1 aromatic carbocycles. The Balaban J connectivity index is 2.38. The van der Waals surface area contributed by atoms with E-state index in [1.54, 1.807) is 6.07 Å². The van der Waals surface area contributed by atoms with Crippen LogP contribution in [0.25, 0.3) is 0 Å². The number of hydrogen-bond donors (Lipinski definition) is 3. The van der Waals surface area contributed by atoms with E-state index in [2.05, 4.69) is 5.32 Å². The maximum atomic E-state index is 13.5. The quantitative estimate of drug-likeness (QED) is 0.722. The Morgan fingerprint density at radius 3 is 3.00 bits per heavy atom. The van der Waals surface area contributed by atoms with Gasteiger partial charge in [-0.15, -0.1) is 0 Å². The topological polar surface area (TPSA) is 78.6 Å². The van der Waals surface area contributed by atoms with Crippen LogP contribution in [0, 0.1) is 12.7 Å². The number of nitrogens with one attached hydrogen (secondary N) is 1. The number of carbonyl (C=O) groups excluding carboxylic acids is 1. The Kier molecular flexibility index (Phi) is 4.69. The molecule has 0 aromatic heterocycles. The van der Waals surface area contributed by atoms with Gasteiger partial charge in [-0.25, -0.2) is 4.39 Å². The molecule has 5 nitrogen and oxygen atoms in total.